The van der Waals surface area contributed by atoms with Gasteiger partial charge in [0.1, 0.15) is 12.1 Å². The number of benzene rings is 2. The van der Waals surface area contributed by atoms with Gasteiger partial charge in [0.2, 0.25) is 0 Å². The minimum Gasteiger partial charge on any atom is -0.480 e. The summed E-state index contributed by atoms with van der Waals surface area (Å²) < 4.78 is 4.66. The van der Waals surface area contributed by atoms with Gasteiger partial charge in [-0.25, -0.2) is 9.59 Å². The van der Waals surface area contributed by atoms with Gasteiger partial charge in [0.15, 0.2) is 0 Å². The van der Waals surface area contributed by atoms with E-state index in [2.05, 4.69) is 15.4 Å². The molecule has 0 aliphatic carbocycles. The summed E-state index contributed by atoms with van der Waals surface area (Å²) in [5.74, 6) is -0.984. The summed E-state index contributed by atoms with van der Waals surface area (Å²) in [6.07, 6.45) is 1.31. The first-order chi connectivity index (χ1) is 12.1. The zero-order valence-corrected chi connectivity index (χ0v) is 13.9. The zero-order valence-electron chi connectivity index (χ0n) is 13.9. The highest BCUT2D eigenvalue weighted by Crippen LogP contribution is 2.26. The number of esters is 1. The fraction of sp³-hybridized carbons (Fsp3) is 0.263. The van der Waals surface area contributed by atoms with E-state index in [0.717, 1.165) is 23.4 Å². The van der Waals surface area contributed by atoms with Crippen LogP contribution in [-0.4, -0.2) is 36.2 Å². The van der Waals surface area contributed by atoms with Gasteiger partial charge in [-0.2, -0.15) is 0 Å². The molecule has 0 radical (unpaired) electrons. The number of ether oxygens (including phenoxy) is 1. The van der Waals surface area contributed by atoms with Crippen LogP contribution in [0.2, 0.25) is 0 Å². The second-order valence-corrected chi connectivity index (χ2v) is 5.98. The monoisotopic (exact) mass is 340 g/mol. The van der Waals surface area contributed by atoms with E-state index in [4.69, 9.17) is 5.11 Å². The molecule has 2 aliphatic heterocycles. The SMILES string of the molecule is COC(=O)[C@@H]1Cc2ccccc2N1.O=C(O)[C@@H]1Cc2ccccc2N1. The number of hydrogen-bond acceptors (Lipinski definition) is 5. The first-order valence-electron chi connectivity index (χ1n) is 8.08. The van der Waals surface area contributed by atoms with Gasteiger partial charge in [-0.15, -0.1) is 0 Å². The second-order valence-electron chi connectivity index (χ2n) is 5.98. The average molecular weight is 340 g/mol. The third-order valence-corrected chi connectivity index (χ3v) is 4.33. The molecular formula is C19H20N2O4. The van der Waals surface area contributed by atoms with E-state index >= 15 is 0 Å². The molecule has 4 rings (SSSR count). The Bertz CT molecular complexity index is 740. The van der Waals surface area contributed by atoms with Gasteiger partial charge in [-0.3, -0.25) is 0 Å². The summed E-state index contributed by atoms with van der Waals surface area (Å²) in [7, 11) is 1.41. The summed E-state index contributed by atoms with van der Waals surface area (Å²) in [6, 6.07) is 14.9. The molecule has 2 atom stereocenters. The van der Waals surface area contributed by atoms with Gasteiger partial charge >= 0.3 is 11.9 Å². The van der Waals surface area contributed by atoms with Crippen LogP contribution in [0.25, 0.3) is 0 Å². The Balaban J connectivity index is 0.000000146. The third kappa shape index (κ3) is 3.74. The summed E-state index contributed by atoms with van der Waals surface area (Å²) in [6.45, 7) is 0. The molecule has 0 saturated heterocycles. The topological polar surface area (TPSA) is 87.7 Å². The number of methoxy groups -OCH3 is 1. The molecule has 0 amide bonds. The minimum absolute atomic E-state index is 0.198. The average Bonchev–Trinajstić information content (AvgIpc) is 3.25. The Morgan fingerprint density at radius 1 is 0.920 bits per heavy atom. The summed E-state index contributed by atoms with van der Waals surface area (Å²) in [4.78, 5) is 21.8. The highest BCUT2D eigenvalue weighted by atomic mass is 16.5. The molecular weight excluding hydrogens is 320 g/mol. The lowest BCUT2D eigenvalue weighted by molar-refractivity contribution is -0.141. The zero-order chi connectivity index (χ0) is 17.8. The van der Waals surface area contributed by atoms with Crippen molar-refractivity contribution in [1.82, 2.24) is 0 Å². The number of carbonyl (C=O) groups excluding carboxylic acids is 1. The first kappa shape index (κ1) is 16.8. The Morgan fingerprint density at radius 3 is 1.88 bits per heavy atom. The number of fused-ring (bicyclic) bond motifs is 2. The van der Waals surface area contributed by atoms with Gasteiger partial charge in [0, 0.05) is 24.2 Å². The maximum Gasteiger partial charge on any atom is 0.328 e. The molecule has 2 aromatic carbocycles. The second kappa shape index (κ2) is 7.25. The maximum atomic E-state index is 11.2. The quantitative estimate of drug-likeness (QED) is 0.727. The molecule has 0 saturated carbocycles. The van der Waals surface area contributed by atoms with Crippen LogP contribution in [-0.2, 0) is 27.2 Å². The van der Waals surface area contributed by atoms with Crippen LogP contribution in [0, 0.1) is 0 Å². The number of carboxylic acids is 1. The van der Waals surface area contributed by atoms with E-state index < -0.39 is 12.0 Å². The molecule has 0 unspecified atom stereocenters. The van der Waals surface area contributed by atoms with E-state index in [-0.39, 0.29) is 12.0 Å². The van der Waals surface area contributed by atoms with Gasteiger partial charge < -0.3 is 20.5 Å². The van der Waals surface area contributed by atoms with Crippen LogP contribution in [0.3, 0.4) is 0 Å². The van der Waals surface area contributed by atoms with Crippen LogP contribution in [0.1, 0.15) is 11.1 Å². The van der Waals surface area contributed by atoms with Crippen molar-refractivity contribution in [3.8, 4) is 0 Å². The van der Waals surface area contributed by atoms with Crippen LogP contribution < -0.4 is 10.6 Å². The lowest BCUT2D eigenvalue weighted by Gasteiger charge is -2.07. The van der Waals surface area contributed by atoms with Crippen molar-refractivity contribution in [2.45, 2.75) is 24.9 Å². The number of anilines is 2. The Labute approximate surface area is 145 Å². The lowest BCUT2D eigenvalue weighted by Crippen LogP contribution is -2.27. The number of para-hydroxylation sites is 2. The molecule has 3 N–H and O–H groups in total. The molecule has 0 bridgehead atoms. The normalized spacial score (nSPS) is 19.4. The molecule has 25 heavy (non-hydrogen) atoms. The van der Waals surface area contributed by atoms with Crippen molar-refractivity contribution in [2.75, 3.05) is 17.7 Å². The number of carboxylic acid groups (broad SMARTS) is 1. The van der Waals surface area contributed by atoms with E-state index in [1.807, 2.05) is 48.5 Å². The van der Waals surface area contributed by atoms with Crippen LogP contribution in [0.15, 0.2) is 48.5 Å². The molecule has 0 spiro atoms. The smallest absolute Gasteiger partial charge is 0.328 e. The highest BCUT2D eigenvalue weighted by Gasteiger charge is 2.26. The molecule has 0 aromatic heterocycles. The van der Waals surface area contributed by atoms with Crippen LogP contribution in [0.4, 0.5) is 11.4 Å². The number of hydrogen-bond donors (Lipinski definition) is 3. The van der Waals surface area contributed by atoms with Crippen molar-refractivity contribution in [1.29, 1.82) is 0 Å². The highest BCUT2D eigenvalue weighted by molar-refractivity contribution is 5.82. The van der Waals surface area contributed by atoms with E-state index in [0.29, 0.717) is 6.42 Å². The largest absolute Gasteiger partial charge is 0.480 e. The standard InChI is InChI=1S/C10H11NO2.C9H9NO2/c1-13-10(12)9-6-7-4-2-3-5-8(7)11-9;11-9(12)8-5-6-3-1-2-4-7(6)10-8/h2-5,9,11H,6H2,1H3;1-4,8,10H,5H2,(H,11,12)/t9-;8-/m00/s1. The Hall–Kier alpha value is -3.02. The van der Waals surface area contributed by atoms with E-state index in [9.17, 15) is 9.59 Å². The number of rotatable bonds is 2. The Kier molecular flexibility index (Phi) is 4.88. The van der Waals surface area contributed by atoms with Crippen LogP contribution >= 0.6 is 0 Å². The summed E-state index contributed by atoms with van der Waals surface area (Å²) in [5.41, 5.74) is 4.26. The molecule has 2 aromatic rings. The third-order valence-electron chi connectivity index (χ3n) is 4.33. The minimum atomic E-state index is -0.786. The molecule has 0 fully saturated rings. The summed E-state index contributed by atoms with van der Waals surface area (Å²) >= 11 is 0. The van der Waals surface area contributed by atoms with Gasteiger partial charge in [0.25, 0.3) is 0 Å². The first-order valence-corrected chi connectivity index (χ1v) is 8.08. The van der Waals surface area contributed by atoms with Crippen molar-refractivity contribution >= 4 is 23.3 Å². The van der Waals surface area contributed by atoms with Crippen molar-refractivity contribution in [3.63, 3.8) is 0 Å². The Morgan fingerprint density at radius 2 is 1.40 bits per heavy atom. The number of nitrogens with one attached hydrogen (secondary N) is 2. The van der Waals surface area contributed by atoms with E-state index in [1.165, 1.54) is 12.7 Å². The predicted molar refractivity (Wildman–Crippen MR) is 94.8 cm³/mol. The van der Waals surface area contributed by atoms with Gasteiger partial charge in [0.05, 0.1) is 7.11 Å². The number of aliphatic carboxylic acids is 1. The fourth-order valence-corrected chi connectivity index (χ4v) is 3.03. The molecule has 2 heterocycles. The van der Waals surface area contributed by atoms with Crippen molar-refractivity contribution in [2.24, 2.45) is 0 Å². The lowest BCUT2D eigenvalue weighted by atomic mass is 10.1. The van der Waals surface area contributed by atoms with Crippen molar-refractivity contribution < 1.29 is 19.4 Å². The fourth-order valence-electron chi connectivity index (χ4n) is 3.03. The predicted octanol–water partition coefficient (Wildman–Crippen LogP) is 2.30. The molecule has 130 valence electrons. The molecule has 6 heteroatoms. The van der Waals surface area contributed by atoms with Gasteiger partial charge in [-0.1, -0.05) is 36.4 Å². The summed E-state index contributed by atoms with van der Waals surface area (Å²) in [5, 5.41) is 14.8. The molecule has 6 nitrogen and oxygen atoms in total. The van der Waals surface area contributed by atoms with Crippen LogP contribution in [0.5, 0.6) is 0 Å². The maximum absolute atomic E-state index is 11.2. The van der Waals surface area contributed by atoms with Gasteiger partial charge in [-0.05, 0) is 23.3 Å². The molecule has 2 aliphatic rings. The number of carbonyl (C=O) groups is 2. The van der Waals surface area contributed by atoms with E-state index in [1.54, 1.807) is 0 Å². The van der Waals surface area contributed by atoms with Crippen molar-refractivity contribution in [3.05, 3.63) is 59.7 Å².